The van der Waals surface area contributed by atoms with Crippen molar-refractivity contribution in [3.63, 3.8) is 0 Å². The van der Waals surface area contributed by atoms with E-state index in [1.807, 2.05) is 69.6 Å². The van der Waals surface area contributed by atoms with Gasteiger partial charge < -0.3 is 24.6 Å². The van der Waals surface area contributed by atoms with Crippen molar-refractivity contribution in [2.75, 3.05) is 38.7 Å². The molecule has 2 heterocycles. The fraction of sp³-hybridized carbons (Fsp3) is 0.296. The summed E-state index contributed by atoms with van der Waals surface area (Å²) in [5, 5.41) is 13.1. The van der Waals surface area contributed by atoms with Gasteiger partial charge in [-0.15, -0.1) is 11.6 Å². The van der Waals surface area contributed by atoms with Gasteiger partial charge in [-0.05, 0) is 56.2 Å². The number of hydrogen-bond donors (Lipinski definition) is 2. The van der Waals surface area contributed by atoms with Crippen LogP contribution in [-0.2, 0) is 0 Å². The number of carbonyl (C=O) groups excluding carboxylic acids is 1. The molecule has 1 aliphatic rings. The zero-order chi connectivity index (χ0) is 24.0. The molecule has 2 atom stereocenters. The SMILES string of the molecule is CC(Cl)C1CN(C(=O)c2cc3cc(OCCN(C)C)ccc3[nH]2)c2cc(O)c3ccccc3c21. The topological polar surface area (TPSA) is 68.8 Å². The van der Waals surface area contributed by atoms with Crippen LogP contribution in [0.1, 0.15) is 28.9 Å². The summed E-state index contributed by atoms with van der Waals surface area (Å²) in [6.45, 7) is 3.83. The first kappa shape index (κ1) is 22.6. The van der Waals surface area contributed by atoms with Crippen LogP contribution < -0.4 is 9.64 Å². The number of likely N-dealkylation sites (N-methyl/N-ethyl adjacent to an activating group) is 1. The molecule has 1 aromatic heterocycles. The summed E-state index contributed by atoms with van der Waals surface area (Å²) in [6.07, 6.45) is 0. The Labute approximate surface area is 203 Å². The fourth-order valence-corrected chi connectivity index (χ4v) is 4.94. The molecule has 6 nitrogen and oxygen atoms in total. The first-order chi connectivity index (χ1) is 16.3. The van der Waals surface area contributed by atoms with Crippen LogP contribution in [-0.4, -0.2) is 60.1 Å². The lowest BCUT2D eigenvalue weighted by Crippen LogP contribution is -2.31. The number of hydrogen-bond acceptors (Lipinski definition) is 4. The lowest BCUT2D eigenvalue weighted by atomic mass is 9.92. The maximum absolute atomic E-state index is 13.7. The van der Waals surface area contributed by atoms with Gasteiger partial charge in [-0.2, -0.15) is 0 Å². The summed E-state index contributed by atoms with van der Waals surface area (Å²) < 4.78 is 5.84. The molecule has 176 valence electrons. The number of nitrogens with one attached hydrogen (secondary N) is 1. The number of halogens is 1. The van der Waals surface area contributed by atoms with Crippen molar-refractivity contribution in [1.29, 1.82) is 0 Å². The summed E-state index contributed by atoms with van der Waals surface area (Å²) in [5.74, 6) is 0.742. The van der Waals surface area contributed by atoms with E-state index in [4.69, 9.17) is 16.3 Å². The van der Waals surface area contributed by atoms with Crippen molar-refractivity contribution in [3.05, 3.63) is 65.9 Å². The van der Waals surface area contributed by atoms with Gasteiger partial charge in [0, 0.05) is 46.7 Å². The van der Waals surface area contributed by atoms with Gasteiger partial charge in [-0.3, -0.25) is 4.79 Å². The number of aromatic nitrogens is 1. The first-order valence-electron chi connectivity index (χ1n) is 11.4. The number of H-pyrrole nitrogens is 1. The standard InChI is InChI=1S/C27H28ClN3O3/c1-16(28)21-15-31(24-14-25(32)19-6-4-5-7-20(19)26(21)24)27(33)23-13-17-12-18(8-9-22(17)29-23)34-11-10-30(2)3/h4-9,12-14,16,21,29,32H,10-11,15H2,1-3H3. The first-order valence-corrected chi connectivity index (χ1v) is 11.9. The molecule has 4 aromatic rings. The van der Waals surface area contributed by atoms with Crippen LogP contribution in [0, 0.1) is 0 Å². The molecule has 3 aromatic carbocycles. The van der Waals surface area contributed by atoms with E-state index in [0.717, 1.165) is 39.5 Å². The third kappa shape index (κ3) is 3.97. The van der Waals surface area contributed by atoms with Crippen LogP contribution in [0.3, 0.4) is 0 Å². The Kier molecular flexibility index (Phi) is 5.88. The van der Waals surface area contributed by atoms with E-state index in [-0.39, 0.29) is 23.0 Å². The normalized spacial score (nSPS) is 16.4. The quantitative estimate of drug-likeness (QED) is 0.368. The highest BCUT2D eigenvalue weighted by molar-refractivity contribution is 6.22. The molecule has 0 bridgehead atoms. The molecule has 2 N–H and O–H groups in total. The number of phenolic OH excluding ortho intramolecular Hbond substituents is 1. The summed E-state index contributed by atoms with van der Waals surface area (Å²) in [7, 11) is 4.01. The Morgan fingerprint density at radius 3 is 2.71 bits per heavy atom. The van der Waals surface area contributed by atoms with E-state index in [0.29, 0.717) is 24.5 Å². The number of alkyl halides is 1. The largest absolute Gasteiger partial charge is 0.507 e. The summed E-state index contributed by atoms with van der Waals surface area (Å²) in [6, 6.07) is 17.0. The van der Waals surface area contributed by atoms with Crippen molar-refractivity contribution in [3.8, 4) is 11.5 Å². The van der Waals surface area contributed by atoms with Crippen LogP contribution in [0.4, 0.5) is 5.69 Å². The third-order valence-electron chi connectivity index (χ3n) is 6.51. The van der Waals surface area contributed by atoms with Gasteiger partial charge >= 0.3 is 0 Å². The lowest BCUT2D eigenvalue weighted by molar-refractivity contribution is 0.0984. The summed E-state index contributed by atoms with van der Waals surface area (Å²) >= 11 is 6.59. The number of benzene rings is 3. The minimum Gasteiger partial charge on any atom is -0.507 e. The van der Waals surface area contributed by atoms with Crippen LogP contribution in [0.25, 0.3) is 21.7 Å². The number of rotatable bonds is 6. The van der Waals surface area contributed by atoms with Crippen molar-refractivity contribution in [2.24, 2.45) is 0 Å². The van der Waals surface area contributed by atoms with Crippen molar-refractivity contribution in [2.45, 2.75) is 18.2 Å². The molecule has 1 amide bonds. The molecule has 1 aliphatic heterocycles. The second kappa shape index (κ2) is 8.85. The van der Waals surface area contributed by atoms with Gasteiger partial charge in [0.2, 0.25) is 0 Å². The van der Waals surface area contributed by atoms with Crippen molar-refractivity contribution >= 4 is 44.9 Å². The highest BCUT2D eigenvalue weighted by Crippen LogP contribution is 2.47. The fourth-order valence-electron chi connectivity index (χ4n) is 4.74. The van der Waals surface area contributed by atoms with Crippen LogP contribution in [0.5, 0.6) is 11.5 Å². The van der Waals surface area contributed by atoms with E-state index < -0.39 is 0 Å². The number of ether oxygens (including phenoxy) is 1. The Morgan fingerprint density at radius 2 is 1.97 bits per heavy atom. The molecule has 0 saturated carbocycles. The van der Waals surface area contributed by atoms with Gasteiger partial charge in [-0.1, -0.05) is 24.3 Å². The van der Waals surface area contributed by atoms with E-state index in [2.05, 4.69) is 9.88 Å². The van der Waals surface area contributed by atoms with E-state index >= 15 is 0 Å². The average Bonchev–Trinajstić information content (AvgIpc) is 3.40. The highest BCUT2D eigenvalue weighted by atomic mass is 35.5. The van der Waals surface area contributed by atoms with E-state index in [1.165, 1.54) is 0 Å². The van der Waals surface area contributed by atoms with Gasteiger partial charge in [0.05, 0.1) is 5.69 Å². The molecule has 0 radical (unpaired) electrons. The Balaban J connectivity index is 1.49. The summed E-state index contributed by atoms with van der Waals surface area (Å²) in [5.41, 5.74) is 3.08. The maximum atomic E-state index is 13.7. The van der Waals surface area contributed by atoms with Crippen LogP contribution >= 0.6 is 11.6 Å². The summed E-state index contributed by atoms with van der Waals surface area (Å²) in [4.78, 5) is 20.7. The average molecular weight is 478 g/mol. The van der Waals surface area contributed by atoms with Gasteiger partial charge in [0.15, 0.2) is 0 Å². The van der Waals surface area contributed by atoms with Crippen LogP contribution in [0.15, 0.2) is 54.6 Å². The number of nitrogens with zero attached hydrogens (tertiary/aromatic N) is 2. The third-order valence-corrected chi connectivity index (χ3v) is 6.82. The molecular formula is C27H28ClN3O3. The number of anilines is 1. The van der Waals surface area contributed by atoms with Crippen molar-refractivity contribution < 1.29 is 14.6 Å². The predicted molar refractivity (Wildman–Crippen MR) is 138 cm³/mol. The van der Waals surface area contributed by atoms with Gasteiger partial charge in [0.25, 0.3) is 5.91 Å². The molecule has 0 saturated heterocycles. The molecule has 0 fully saturated rings. The number of aromatic amines is 1. The van der Waals surface area contributed by atoms with E-state index in [1.54, 1.807) is 11.0 Å². The molecular weight excluding hydrogens is 450 g/mol. The second-order valence-corrected chi connectivity index (χ2v) is 9.85. The number of fused-ring (bicyclic) bond motifs is 4. The highest BCUT2D eigenvalue weighted by Gasteiger charge is 2.37. The monoisotopic (exact) mass is 477 g/mol. The molecule has 2 unspecified atom stereocenters. The van der Waals surface area contributed by atoms with E-state index in [9.17, 15) is 9.90 Å². The van der Waals surface area contributed by atoms with Gasteiger partial charge in [-0.25, -0.2) is 0 Å². The number of amides is 1. The number of aromatic hydroxyl groups is 1. The zero-order valence-electron chi connectivity index (χ0n) is 19.5. The van der Waals surface area contributed by atoms with Crippen molar-refractivity contribution in [1.82, 2.24) is 9.88 Å². The van der Waals surface area contributed by atoms with Gasteiger partial charge in [0.1, 0.15) is 23.8 Å². The van der Waals surface area contributed by atoms with Crippen LogP contribution in [0.2, 0.25) is 0 Å². The number of carbonyl (C=O) groups is 1. The maximum Gasteiger partial charge on any atom is 0.274 e. The Bertz CT molecular complexity index is 1380. The molecule has 34 heavy (non-hydrogen) atoms. The molecule has 7 heteroatoms. The minimum absolute atomic E-state index is 0.0350. The smallest absolute Gasteiger partial charge is 0.274 e. The number of phenols is 1. The minimum atomic E-state index is -0.172. The zero-order valence-corrected chi connectivity index (χ0v) is 20.3. The Morgan fingerprint density at radius 1 is 1.21 bits per heavy atom. The molecule has 0 spiro atoms. The Hall–Kier alpha value is -3.22. The molecule has 0 aliphatic carbocycles. The molecule has 5 rings (SSSR count). The predicted octanol–water partition coefficient (Wildman–Crippen LogP) is 5.34. The lowest BCUT2D eigenvalue weighted by Gasteiger charge is -2.18. The second-order valence-electron chi connectivity index (χ2n) is 9.16.